The van der Waals surface area contributed by atoms with Crippen molar-refractivity contribution in [2.24, 2.45) is 11.8 Å². The van der Waals surface area contributed by atoms with E-state index in [1.807, 2.05) is 12.1 Å². The van der Waals surface area contributed by atoms with E-state index in [-0.39, 0.29) is 0 Å². The molecule has 2 nitrogen and oxygen atoms in total. The molecule has 0 aromatic heterocycles. The van der Waals surface area contributed by atoms with Gasteiger partial charge in [-0.25, -0.2) is 0 Å². The van der Waals surface area contributed by atoms with Crippen LogP contribution in [0.15, 0.2) is 24.3 Å². The topological polar surface area (TPSA) is 15.3 Å². The molecule has 0 amide bonds. The molecule has 1 saturated carbocycles. The van der Waals surface area contributed by atoms with Crippen molar-refractivity contribution >= 4 is 11.6 Å². The molecule has 1 heterocycles. The van der Waals surface area contributed by atoms with E-state index >= 15 is 0 Å². The zero-order valence-electron chi connectivity index (χ0n) is 11.6. The monoisotopic (exact) mass is 278 g/mol. The van der Waals surface area contributed by atoms with Crippen molar-refractivity contribution in [3.63, 3.8) is 0 Å². The third-order valence-electron chi connectivity index (χ3n) is 4.73. The molecule has 1 N–H and O–H groups in total. The molecule has 3 heteroatoms. The molecule has 19 heavy (non-hydrogen) atoms. The van der Waals surface area contributed by atoms with Crippen molar-refractivity contribution in [3.8, 4) is 0 Å². The minimum Gasteiger partial charge on any atom is -0.312 e. The van der Waals surface area contributed by atoms with Crippen molar-refractivity contribution in [1.82, 2.24) is 10.2 Å². The van der Waals surface area contributed by atoms with Crippen LogP contribution < -0.4 is 5.32 Å². The molecule has 1 aromatic carbocycles. The van der Waals surface area contributed by atoms with E-state index in [2.05, 4.69) is 29.4 Å². The smallest absolute Gasteiger partial charge is 0.0409 e. The van der Waals surface area contributed by atoms with Gasteiger partial charge in [0.15, 0.2) is 0 Å². The Morgan fingerprint density at radius 3 is 3.11 bits per heavy atom. The summed E-state index contributed by atoms with van der Waals surface area (Å²) >= 11 is 6.04. The third-order valence-corrected chi connectivity index (χ3v) is 4.96. The zero-order chi connectivity index (χ0) is 13.2. The molecule has 3 rings (SSSR count). The number of hydrogen-bond acceptors (Lipinski definition) is 2. The lowest BCUT2D eigenvalue weighted by molar-refractivity contribution is 0.259. The Morgan fingerprint density at radius 2 is 2.26 bits per heavy atom. The van der Waals surface area contributed by atoms with Gasteiger partial charge in [0.2, 0.25) is 0 Å². The summed E-state index contributed by atoms with van der Waals surface area (Å²) < 4.78 is 0. The van der Waals surface area contributed by atoms with Gasteiger partial charge in [0.1, 0.15) is 0 Å². The summed E-state index contributed by atoms with van der Waals surface area (Å²) in [4.78, 5) is 2.42. The average Bonchev–Trinajstić information content (AvgIpc) is 2.94. The van der Waals surface area contributed by atoms with Gasteiger partial charge >= 0.3 is 0 Å². The molecular formula is C16H23ClN2. The van der Waals surface area contributed by atoms with Crippen LogP contribution in [0.1, 0.15) is 24.8 Å². The van der Waals surface area contributed by atoms with Crippen molar-refractivity contribution in [2.45, 2.75) is 31.8 Å². The number of nitrogens with zero attached hydrogens (tertiary/aromatic N) is 1. The first kappa shape index (κ1) is 13.4. The molecule has 0 bridgehead atoms. The fraction of sp³-hybridized carbons (Fsp3) is 0.625. The lowest BCUT2D eigenvalue weighted by Gasteiger charge is -2.25. The fourth-order valence-electron chi connectivity index (χ4n) is 3.85. The van der Waals surface area contributed by atoms with Gasteiger partial charge in [-0.1, -0.05) is 30.2 Å². The third kappa shape index (κ3) is 3.13. The highest BCUT2D eigenvalue weighted by molar-refractivity contribution is 6.30. The first-order valence-electron chi connectivity index (χ1n) is 7.39. The highest BCUT2D eigenvalue weighted by atomic mass is 35.5. The molecule has 0 radical (unpaired) electrons. The van der Waals surface area contributed by atoms with Crippen LogP contribution in [0.2, 0.25) is 5.02 Å². The van der Waals surface area contributed by atoms with E-state index in [4.69, 9.17) is 11.6 Å². The van der Waals surface area contributed by atoms with Crippen LogP contribution in [0.25, 0.3) is 0 Å². The Labute approximate surface area is 121 Å². The van der Waals surface area contributed by atoms with E-state index in [1.165, 1.54) is 31.4 Å². The normalized spacial score (nSPS) is 29.9. The Bertz CT molecular complexity index is 435. The molecule has 1 aliphatic heterocycles. The fourth-order valence-corrected chi connectivity index (χ4v) is 4.06. The number of likely N-dealkylation sites (N-methyl/N-ethyl adjacent to an activating group) is 1. The Hall–Kier alpha value is -0.570. The molecule has 1 saturated heterocycles. The van der Waals surface area contributed by atoms with Crippen LogP contribution in [0.5, 0.6) is 0 Å². The van der Waals surface area contributed by atoms with Gasteiger partial charge in [-0.15, -0.1) is 0 Å². The van der Waals surface area contributed by atoms with Crippen LogP contribution in [-0.2, 0) is 6.54 Å². The molecule has 0 spiro atoms. The minimum absolute atomic E-state index is 0.691. The van der Waals surface area contributed by atoms with Gasteiger partial charge in [0, 0.05) is 24.2 Å². The quantitative estimate of drug-likeness (QED) is 0.910. The first-order chi connectivity index (χ1) is 9.22. The number of nitrogens with one attached hydrogen (secondary N) is 1. The molecule has 104 valence electrons. The lowest BCUT2D eigenvalue weighted by atomic mass is 9.94. The highest BCUT2D eigenvalue weighted by Gasteiger charge is 2.38. The van der Waals surface area contributed by atoms with Crippen molar-refractivity contribution < 1.29 is 0 Å². The number of rotatable bonds is 4. The van der Waals surface area contributed by atoms with Crippen LogP contribution >= 0.6 is 11.6 Å². The second-order valence-electron chi connectivity index (χ2n) is 6.20. The lowest BCUT2D eigenvalue weighted by Crippen LogP contribution is -2.38. The maximum atomic E-state index is 6.04. The minimum atomic E-state index is 0.691. The molecular weight excluding hydrogens is 256 g/mol. The summed E-state index contributed by atoms with van der Waals surface area (Å²) in [7, 11) is 2.21. The SMILES string of the molecule is CN(Cc1cccc(Cl)c1)CC1NCC2CCCC21. The van der Waals surface area contributed by atoms with Crippen LogP contribution in [-0.4, -0.2) is 31.1 Å². The van der Waals surface area contributed by atoms with E-state index < -0.39 is 0 Å². The highest BCUT2D eigenvalue weighted by Crippen LogP contribution is 2.37. The zero-order valence-corrected chi connectivity index (χ0v) is 12.4. The van der Waals surface area contributed by atoms with E-state index in [1.54, 1.807) is 0 Å². The average molecular weight is 279 g/mol. The predicted molar refractivity (Wildman–Crippen MR) is 80.4 cm³/mol. The summed E-state index contributed by atoms with van der Waals surface area (Å²) in [6.07, 6.45) is 4.30. The van der Waals surface area contributed by atoms with Gasteiger partial charge in [-0.05, 0) is 56.0 Å². The van der Waals surface area contributed by atoms with Crippen LogP contribution in [0.3, 0.4) is 0 Å². The largest absolute Gasteiger partial charge is 0.312 e. The number of fused-ring (bicyclic) bond motifs is 1. The number of halogens is 1. The molecule has 3 atom stereocenters. The van der Waals surface area contributed by atoms with Crippen LogP contribution in [0.4, 0.5) is 0 Å². The summed E-state index contributed by atoms with van der Waals surface area (Å²) in [5, 5.41) is 4.55. The molecule has 2 fully saturated rings. The van der Waals surface area contributed by atoms with E-state index in [0.29, 0.717) is 6.04 Å². The standard InChI is InChI=1S/C16H23ClN2/c1-19(10-12-4-2-6-14(17)8-12)11-16-15-7-3-5-13(15)9-18-16/h2,4,6,8,13,15-16,18H,3,5,7,9-11H2,1H3. The molecule has 3 unspecified atom stereocenters. The van der Waals surface area contributed by atoms with E-state index in [9.17, 15) is 0 Å². The second kappa shape index (κ2) is 5.82. The molecule has 1 aliphatic carbocycles. The van der Waals surface area contributed by atoms with Crippen molar-refractivity contribution in [1.29, 1.82) is 0 Å². The first-order valence-corrected chi connectivity index (χ1v) is 7.76. The van der Waals surface area contributed by atoms with Crippen LogP contribution in [0, 0.1) is 11.8 Å². The number of benzene rings is 1. The second-order valence-corrected chi connectivity index (χ2v) is 6.63. The van der Waals surface area contributed by atoms with Gasteiger partial charge in [0.25, 0.3) is 0 Å². The van der Waals surface area contributed by atoms with Crippen molar-refractivity contribution in [2.75, 3.05) is 20.1 Å². The maximum absolute atomic E-state index is 6.04. The summed E-state index contributed by atoms with van der Waals surface area (Å²) in [5.41, 5.74) is 1.30. The molecule has 1 aromatic rings. The van der Waals surface area contributed by atoms with Gasteiger partial charge < -0.3 is 10.2 Å². The summed E-state index contributed by atoms with van der Waals surface area (Å²) in [5.74, 6) is 1.87. The maximum Gasteiger partial charge on any atom is 0.0409 e. The Morgan fingerprint density at radius 1 is 1.37 bits per heavy atom. The van der Waals surface area contributed by atoms with Gasteiger partial charge in [-0.3, -0.25) is 0 Å². The van der Waals surface area contributed by atoms with Gasteiger partial charge in [-0.2, -0.15) is 0 Å². The predicted octanol–water partition coefficient (Wildman–Crippen LogP) is 3.16. The summed E-state index contributed by atoms with van der Waals surface area (Å²) in [6.45, 7) is 3.37. The Balaban J connectivity index is 1.55. The van der Waals surface area contributed by atoms with Gasteiger partial charge in [0.05, 0.1) is 0 Å². The van der Waals surface area contributed by atoms with Crippen molar-refractivity contribution in [3.05, 3.63) is 34.9 Å². The molecule has 2 aliphatic rings. The Kier molecular flexibility index (Phi) is 4.11. The number of hydrogen-bond donors (Lipinski definition) is 1. The summed E-state index contributed by atoms with van der Waals surface area (Å²) in [6, 6.07) is 8.89. The van der Waals surface area contributed by atoms with E-state index in [0.717, 1.165) is 29.9 Å².